The third-order valence-electron chi connectivity index (χ3n) is 4.64. The maximum Gasteiger partial charge on any atom is 0.243 e. The van der Waals surface area contributed by atoms with Crippen molar-refractivity contribution in [3.63, 3.8) is 0 Å². The molecule has 5 nitrogen and oxygen atoms in total. The molecule has 140 valence electrons. The third kappa shape index (κ3) is 4.61. The maximum absolute atomic E-state index is 13.2. The fourth-order valence-electron chi connectivity index (χ4n) is 3.53. The highest BCUT2D eigenvalue weighted by Gasteiger charge is 2.34. The van der Waals surface area contributed by atoms with Crippen LogP contribution in [0.1, 0.15) is 43.4 Å². The lowest BCUT2D eigenvalue weighted by Gasteiger charge is -2.32. The third-order valence-corrected chi connectivity index (χ3v) is 6.81. The Morgan fingerprint density at radius 1 is 1.24 bits per heavy atom. The van der Waals surface area contributed by atoms with E-state index in [4.69, 9.17) is 0 Å². The molecule has 1 unspecified atom stereocenters. The van der Waals surface area contributed by atoms with Crippen LogP contribution in [0.2, 0.25) is 0 Å². The zero-order valence-corrected chi connectivity index (χ0v) is 16.7. The van der Waals surface area contributed by atoms with Crippen LogP contribution in [0.25, 0.3) is 0 Å². The van der Waals surface area contributed by atoms with Crippen LogP contribution in [0, 0.1) is 32.6 Å². The van der Waals surface area contributed by atoms with Crippen molar-refractivity contribution in [1.29, 1.82) is 0 Å². The molecule has 0 aliphatic carbocycles. The largest absolute Gasteiger partial charge is 0.356 e. The Morgan fingerprint density at radius 2 is 1.84 bits per heavy atom. The molecule has 1 aromatic rings. The number of carbonyl (C=O) groups is 1. The summed E-state index contributed by atoms with van der Waals surface area (Å²) in [4.78, 5) is 12.7. The average Bonchev–Trinajstić information content (AvgIpc) is 2.51. The summed E-state index contributed by atoms with van der Waals surface area (Å²) < 4.78 is 27.8. The fraction of sp³-hybridized carbons (Fsp3) is 0.632. The lowest BCUT2D eigenvalue weighted by Crippen LogP contribution is -2.46. The minimum absolute atomic E-state index is 0.0362. The van der Waals surface area contributed by atoms with E-state index in [1.54, 1.807) is 0 Å². The van der Waals surface area contributed by atoms with E-state index < -0.39 is 10.0 Å². The van der Waals surface area contributed by atoms with Gasteiger partial charge in [0.2, 0.25) is 15.9 Å². The van der Waals surface area contributed by atoms with E-state index in [1.807, 2.05) is 46.8 Å². The predicted octanol–water partition coefficient (Wildman–Crippen LogP) is 2.78. The number of rotatable bonds is 5. The summed E-state index contributed by atoms with van der Waals surface area (Å²) in [5, 5.41) is 2.93. The van der Waals surface area contributed by atoms with Gasteiger partial charge in [-0.2, -0.15) is 4.31 Å². The summed E-state index contributed by atoms with van der Waals surface area (Å²) in [6.07, 6.45) is 1.45. The number of nitrogens with zero attached hydrogens (tertiary/aromatic N) is 1. The zero-order chi connectivity index (χ0) is 18.8. The molecule has 1 aliphatic rings. The van der Waals surface area contributed by atoms with Crippen molar-refractivity contribution in [3.05, 3.63) is 28.8 Å². The van der Waals surface area contributed by atoms with Crippen LogP contribution in [0.4, 0.5) is 0 Å². The van der Waals surface area contributed by atoms with E-state index in [0.29, 0.717) is 30.3 Å². The molecule has 25 heavy (non-hydrogen) atoms. The molecule has 1 amide bonds. The van der Waals surface area contributed by atoms with Gasteiger partial charge in [-0.1, -0.05) is 31.5 Å². The lowest BCUT2D eigenvalue weighted by molar-refractivity contribution is -0.126. The number of benzene rings is 1. The van der Waals surface area contributed by atoms with Crippen molar-refractivity contribution in [2.45, 2.75) is 52.4 Å². The molecule has 1 saturated heterocycles. The smallest absolute Gasteiger partial charge is 0.243 e. The van der Waals surface area contributed by atoms with E-state index in [0.717, 1.165) is 23.1 Å². The number of carbonyl (C=O) groups excluding carboxylic acids is 1. The molecule has 1 aromatic carbocycles. The highest BCUT2D eigenvalue weighted by Crippen LogP contribution is 2.28. The van der Waals surface area contributed by atoms with Crippen LogP contribution in [-0.4, -0.2) is 38.3 Å². The van der Waals surface area contributed by atoms with Crippen molar-refractivity contribution < 1.29 is 13.2 Å². The van der Waals surface area contributed by atoms with Gasteiger partial charge >= 0.3 is 0 Å². The van der Waals surface area contributed by atoms with Crippen LogP contribution in [0.3, 0.4) is 0 Å². The van der Waals surface area contributed by atoms with Crippen LogP contribution < -0.4 is 5.32 Å². The molecule has 6 heteroatoms. The number of aryl methyl sites for hydroxylation is 3. The number of sulfonamides is 1. The van der Waals surface area contributed by atoms with Gasteiger partial charge in [0.05, 0.1) is 10.8 Å². The van der Waals surface area contributed by atoms with Gasteiger partial charge in [0, 0.05) is 19.6 Å². The zero-order valence-electron chi connectivity index (χ0n) is 15.9. The molecule has 0 radical (unpaired) electrons. The molecule has 2 rings (SSSR count). The highest BCUT2D eigenvalue weighted by atomic mass is 32.2. The molecule has 0 spiro atoms. The van der Waals surface area contributed by atoms with Crippen molar-refractivity contribution >= 4 is 15.9 Å². The summed E-state index contributed by atoms with van der Waals surface area (Å²) in [7, 11) is -3.58. The van der Waals surface area contributed by atoms with Crippen LogP contribution in [0.5, 0.6) is 0 Å². The Balaban J connectivity index is 2.21. The van der Waals surface area contributed by atoms with E-state index >= 15 is 0 Å². The normalized spacial score (nSPS) is 19.2. The van der Waals surface area contributed by atoms with Gasteiger partial charge in [-0.25, -0.2) is 8.42 Å². The van der Waals surface area contributed by atoms with Crippen molar-refractivity contribution in [3.8, 4) is 0 Å². The number of nitrogens with one attached hydrogen (secondary N) is 1. The summed E-state index contributed by atoms with van der Waals surface area (Å²) in [6.45, 7) is 11.1. The average molecular weight is 367 g/mol. The quantitative estimate of drug-likeness (QED) is 0.871. The second-order valence-corrected chi connectivity index (χ2v) is 9.44. The molecule has 1 N–H and O–H groups in total. The molecule has 1 heterocycles. The minimum Gasteiger partial charge on any atom is -0.356 e. The van der Waals surface area contributed by atoms with Gasteiger partial charge in [-0.15, -0.1) is 0 Å². The Bertz CT molecular complexity index is 718. The molecule has 0 bridgehead atoms. The Hall–Kier alpha value is -1.40. The maximum atomic E-state index is 13.2. The van der Waals surface area contributed by atoms with Gasteiger partial charge in [-0.3, -0.25) is 4.79 Å². The second-order valence-electron chi connectivity index (χ2n) is 7.57. The molecular weight excluding hydrogens is 336 g/mol. The summed E-state index contributed by atoms with van der Waals surface area (Å²) in [6, 6.07) is 3.80. The van der Waals surface area contributed by atoms with Gasteiger partial charge in [0.25, 0.3) is 0 Å². The Kier molecular flexibility index (Phi) is 6.27. The topological polar surface area (TPSA) is 66.5 Å². The van der Waals surface area contributed by atoms with Crippen molar-refractivity contribution in [1.82, 2.24) is 9.62 Å². The lowest BCUT2D eigenvalue weighted by atomic mass is 9.98. The monoisotopic (exact) mass is 366 g/mol. The fourth-order valence-corrected chi connectivity index (χ4v) is 5.46. The second kappa shape index (κ2) is 7.87. The van der Waals surface area contributed by atoms with Gasteiger partial charge in [0.15, 0.2) is 0 Å². The number of amides is 1. The van der Waals surface area contributed by atoms with E-state index in [9.17, 15) is 13.2 Å². The molecule has 0 aromatic heterocycles. The number of hydrogen-bond acceptors (Lipinski definition) is 3. The highest BCUT2D eigenvalue weighted by molar-refractivity contribution is 7.89. The number of piperidine rings is 1. The van der Waals surface area contributed by atoms with E-state index in [1.165, 1.54) is 4.31 Å². The molecular formula is C19H30N2O3S. The van der Waals surface area contributed by atoms with E-state index in [2.05, 4.69) is 5.32 Å². The van der Waals surface area contributed by atoms with Gasteiger partial charge in [0.1, 0.15) is 0 Å². The summed E-state index contributed by atoms with van der Waals surface area (Å²) in [5.74, 6) is 0.0736. The van der Waals surface area contributed by atoms with Crippen molar-refractivity contribution in [2.75, 3.05) is 19.6 Å². The summed E-state index contributed by atoms with van der Waals surface area (Å²) >= 11 is 0. The standard InChI is InChI=1S/C19H30N2O3S/c1-13(2)11-20-19(22)17-7-6-8-21(12-17)25(23,24)18-15(4)9-14(3)10-16(18)5/h9-10,13,17H,6-8,11-12H2,1-5H3,(H,20,22). The molecule has 1 fully saturated rings. The van der Waals surface area contributed by atoms with Crippen LogP contribution in [0.15, 0.2) is 17.0 Å². The first-order valence-corrected chi connectivity index (χ1v) is 10.4. The predicted molar refractivity (Wildman–Crippen MR) is 100.0 cm³/mol. The first-order chi connectivity index (χ1) is 11.6. The minimum atomic E-state index is -3.58. The first kappa shape index (κ1) is 19.9. The van der Waals surface area contributed by atoms with E-state index in [-0.39, 0.29) is 18.4 Å². The van der Waals surface area contributed by atoms with Crippen LogP contribution in [-0.2, 0) is 14.8 Å². The Labute approximate surface area is 151 Å². The molecule has 1 aliphatic heterocycles. The number of hydrogen-bond donors (Lipinski definition) is 1. The van der Waals surface area contributed by atoms with Crippen molar-refractivity contribution in [2.24, 2.45) is 11.8 Å². The molecule has 0 saturated carbocycles. The SMILES string of the molecule is Cc1cc(C)c(S(=O)(=O)N2CCCC(C(=O)NCC(C)C)C2)c(C)c1. The molecule has 1 atom stereocenters. The van der Waals surface area contributed by atoms with Crippen LogP contribution >= 0.6 is 0 Å². The summed E-state index contributed by atoms with van der Waals surface area (Å²) in [5.41, 5.74) is 2.59. The Morgan fingerprint density at radius 3 is 2.40 bits per heavy atom. The van der Waals surface area contributed by atoms with Gasteiger partial charge < -0.3 is 5.32 Å². The first-order valence-electron chi connectivity index (χ1n) is 8.98. The van der Waals surface area contributed by atoms with Gasteiger partial charge in [-0.05, 0) is 50.7 Å².